The minimum Gasteiger partial charge on any atom is -0.497 e. The summed E-state index contributed by atoms with van der Waals surface area (Å²) in [4.78, 5) is 12.9. The molecule has 152 valence electrons. The summed E-state index contributed by atoms with van der Waals surface area (Å²) >= 11 is 0. The Labute approximate surface area is 167 Å². The molecule has 0 aliphatic heterocycles. The van der Waals surface area contributed by atoms with Crippen LogP contribution in [0.4, 0.5) is 8.78 Å². The largest absolute Gasteiger partial charge is 0.497 e. The van der Waals surface area contributed by atoms with Gasteiger partial charge in [-0.25, -0.2) is 8.78 Å². The molecule has 3 aromatic rings. The molecule has 3 rings (SSSR count). The highest BCUT2D eigenvalue weighted by atomic mass is 19.1. The summed E-state index contributed by atoms with van der Waals surface area (Å²) in [7, 11) is 4.83. The SMILES string of the molecule is CCc1c(C(=O)Cc2c(F)cccc2F)nn(C)c1-c1cc(OC)ccc1OC. The lowest BCUT2D eigenvalue weighted by Gasteiger charge is -2.12. The third kappa shape index (κ3) is 3.85. The van der Waals surface area contributed by atoms with Crippen LogP contribution in [0.1, 0.15) is 28.5 Å². The highest BCUT2D eigenvalue weighted by Crippen LogP contribution is 2.36. The molecule has 7 heteroatoms. The van der Waals surface area contributed by atoms with E-state index in [2.05, 4.69) is 5.10 Å². The molecule has 0 fully saturated rings. The summed E-state index contributed by atoms with van der Waals surface area (Å²) in [6.07, 6.45) is 0.0988. The quantitative estimate of drug-likeness (QED) is 0.553. The molecule has 1 aromatic heterocycles. The van der Waals surface area contributed by atoms with Crippen molar-refractivity contribution in [1.82, 2.24) is 9.78 Å². The van der Waals surface area contributed by atoms with Gasteiger partial charge in [-0.3, -0.25) is 9.48 Å². The Morgan fingerprint density at radius 2 is 1.76 bits per heavy atom. The number of methoxy groups -OCH3 is 2. The van der Waals surface area contributed by atoms with Crippen LogP contribution < -0.4 is 9.47 Å². The van der Waals surface area contributed by atoms with E-state index in [0.717, 1.165) is 17.7 Å². The Kier molecular flexibility index (Phi) is 5.96. The second-order valence-electron chi connectivity index (χ2n) is 6.52. The second-order valence-corrected chi connectivity index (χ2v) is 6.52. The number of Topliss-reactive ketones (excluding diaryl/α,β-unsaturated/α-hetero) is 1. The predicted molar refractivity (Wildman–Crippen MR) is 106 cm³/mol. The standard InChI is InChI=1S/C22H22F2N2O3/c1-5-14-21(19(27)12-15-17(23)7-6-8-18(15)24)25-26(2)22(14)16-11-13(28-3)9-10-20(16)29-4/h6-11H,5,12H2,1-4H3. The molecule has 0 atom stereocenters. The number of ether oxygens (including phenoxy) is 2. The molecule has 0 radical (unpaired) electrons. The van der Waals surface area contributed by atoms with E-state index < -0.39 is 23.8 Å². The number of aryl methyl sites for hydroxylation is 1. The molecule has 0 unspecified atom stereocenters. The van der Waals surface area contributed by atoms with Gasteiger partial charge in [-0.15, -0.1) is 0 Å². The minimum absolute atomic E-state index is 0.192. The zero-order chi connectivity index (χ0) is 21.1. The van der Waals surface area contributed by atoms with Crippen LogP contribution in [0, 0.1) is 11.6 Å². The number of ketones is 1. The van der Waals surface area contributed by atoms with Crippen molar-refractivity contribution in [1.29, 1.82) is 0 Å². The molecule has 5 nitrogen and oxygen atoms in total. The van der Waals surface area contributed by atoms with E-state index in [1.807, 2.05) is 6.92 Å². The van der Waals surface area contributed by atoms with Gasteiger partial charge in [0.25, 0.3) is 0 Å². The van der Waals surface area contributed by atoms with Crippen molar-refractivity contribution in [3.05, 3.63) is 64.9 Å². The van der Waals surface area contributed by atoms with E-state index in [1.54, 1.807) is 44.1 Å². The van der Waals surface area contributed by atoms with Gasteiger partial charge in [-0.2, -0.15) is 5.10 Å². The molecule has 0 aliphatic rings. The van der Waals surface area contributed by atoms with Gasteiger partial charge in [0.1, 0.15) is 28.8 Å². The van der Waals surface area contributed by atoms with Gasteiger partial charge in [-0.05, 0) is 36.8 Å². The number of hydrogen-bond acceptors (Lipinski definition) is 4. The highest BCUT2D eigenvalue weighted by molar-refractivity contribution is 5.99. The normalized spacial score (nSPS) is 10.8. The summed E-state index contributed by atoms with van der Waals surface area (Å²) in [5, 5.41) is 4.37. The lowest BCUT2D eigenvalue weighted by molar-refractivity contribution is 0.0984. The second kappa shape index (κ2) is 8.43. The maximum atomic E-state index is 14.0. The van der Waals surface area contributed by atoms with Gasteiger partial charge >= 0.3 is 0 Å². The zero-order valence-electron chi connectivity index (χ0n) is 16.8. The highest BCUT2D eigenvalue weighted by Gasteiger charge is 2.25. The van der Waals surface area contributed by atoms with E-state index in [0.29, 0.717) is 29.2 Å². The number of carbonyl (C=O) groups excluding carboxylic acids is 1. The number of benzene rings is 2. The van der Waals surface area contributed by atoms with Crippen LogP contribution in [0.5, 0.6) is 11.5 Å². The first-order valence-corrected chi connectivity index (χ1v) is 9.15. The van der Waals surface area contributed by atoms with Crippen LogP contribution >= 0.6 is 0 Å². The maximum Gasteiger partial charge on any atom is 0.187 e. The lowest BCUT2D eigenvalue weighted by Crippen LogP contribution is -2.10. The van der Waals surface area contributed by atoms with Gasteiger partial charge in [0.2, 0.25) is 0 Å². The molecular formula is C22H22F2N2O3. The minimum atomic E-state index is -0.748. The van der Waals surface area contributed by atoms with E-state index in [4.69, 9.17) is 9.47 Å². The van der Waals surface area contributed by atoms with Gasteiger partial charge in [0.15, 0.2) is 5.78 Å². The number of carbonyl (C=O) groups is 1. The van der Waals surface area contributed by atoms with Crippen molar-refractivity contribution in [3.63, 3.8) is 0 Å². The molecule has 0 saturated heterocycles. The average molecular weight is 400 g/mol. The van der Waals surface area contributed by atoms with Gasteiger partial charge < -0.3 is 9.47 Å². The van der Waals surface area contributed by atoms with Crippen LogP contribution in [0.25, 0.3) is 11.3 Å². The summed E-state index contributed by atoms with van der Waals surface area (Å²) in [5.41, 5.74) is 2.03. The first-order chi connectivity index (χ1) is 13.9. The van der Waals surface area contributed by atoms with Crippen LogP contribution in [-0.2, 0) is 19.9 Å². The fourth-order valence-corrected chi connectivity index (χ4v) is 3.41. The number of aromatic nitrogens is 2. The van der Waals surface area contributed by atoms with Crippen LogP contribution in [0.15, 0.2) is 36.4 Å². The van der Waals surface area contributed by atoms with Crippen molar-refractivity contribution in [2.24, 2.45) is 7.05 Å². The molecule has 0 spiro atoms. The Bertz CT molecular complexity index is 1040. The van der Waals surface area contributed by atoms with Crippen LogP contribution in [0.2, 0.25) is 0 Å². The number of halogens is 2. The Hall–Kier alpha value is -3.22. The summed E-state index contributed by atoms with van der Waals surface area (Å²) in [5.74, 6) is -0.716. The van der Waals surface area contributed by atoms with Crippen LogP contribution in [0.3, 0.4) is 0 Å². The molecule has 2 aromatic carbocycles. The number of nitrogens with zero attached hydrogens (tertiary/aromatic N) is 2. The van der Waals surface area contributed by atoms with E-state index in [9.17, 15) is 13.6 Å². The van der Waals surface area contributed by atoms with Gasteiger partial charge in [0, 0.05) is 30.2 Å². The average Bonchev–Trinajstić information content (AvgIpc) is 3.06. The van der Waals surface area contributed by atoms with Gasteiger partial charge in [-0.1, -0.05) is 13.0 Å². The third-order valence-electron chi connectivity index (χ3n) is 4.82. The smallest absolute Gasteiger partial charge is 0.187 e. The van der Waals surface area contributed by atoms with Gasteiger partial charge in [0.05, 0.1) is 19.9 Å². The molecule has 29 heavy (non-hydrogen) atoms. The van der Waals surface area contributed by atoms with Crippen molar-refractivity contribution in [2.45, 2.75) is 19.8 Å². The zero-order valence-corrected chi connectivity index (χ0v) is 16.8. The van der Waals surface area contributed by atoms with Crippen molar-refractivity contribution < 1.29 is 23.0 Å². The number of hydrogen-bond donors (Lipinski definition) is 0. The fourth-order valence-electron chi connectivity index (χ4n) is 3.41. The topological polar surface area (TPSA) is 53.4 Å². The fraction of sp³-hybridized carbons (Fsp3) is 0.273. The molecule has 0 saturated carbocycles. The van der Waals surface area contributed by atoms with Crippen LogP contribution in [-0.4, -0.2) is 29.8 Å². The summed E-state index contributed by atoms with van der Waals surface area (Å²) < 4.78 is 40.4. The van der Waals surface area contributed by atoms with E-state index in [-0.39, 0.29) is 11.3 Å². The molecular weight excluding hydrogens is 378 g/mol. The third-order valence-corrected chi connectivity index (χ3v) is 4.82. The Morgan fingerprint density at radius 1 is 1.07 bits per heavy atom. The molecule has 0 bridgehead atoms. The molecule has 1 heterocycles. The maximum absolute atomic E-state index is 14.0. The Morgan fingerprint density at radius 3 is 2.34 bits per heavy atom. The molecule has 0 amide bonds. The lowest BCUT2D eigenvalue weighted by atomic mass is 9.98. The first-order valence-electron chi connectivity index (χ1n) is 9.15. The Balaban J connectivity index is 2.09. The molecule has 0 N–H and O–H groups in total. The first kappa shape index (κ1) is 20.5. The van der Waals surface area contributed by atoms with E-state index >= 15 is 0 Å². The summed E-state index contributed by atoms with van der Waals surface area (Å²) in [6.45, 7) is 1.90. The monoisotopic (exact) mass is 400 g/mol. The van der Waals surface area contributed by atoms with E-state index in [1.165, 1.54) is 6.07 Å². The summed E-state index contributed by atoms with van der Waals surface area (Å²) in [6, 6.07) is 8.90. The van der Waals surface area contributed by atoms with Crippen molar-refractivity contribution in [2.75, 3.05) is 14.2 Å². The predicted octanol–water partition coefficient (Wildman–Crippen LogP) is 4.37. The molecule has 0 aliphatic carbocycles. The number of rotatable bonds is 7. The van der Waals surface area contributed by atoms with Crippen molar-refractivity contribution >= 4 is 5.78 Å². The van der Waals surface area contributed by atoms with Crippen molar-refractivity contribution in [3.8, 4) is 22.8 Å².